The molecule has 3 rings (SSSR count). The number of halogens is 3. The second kappa shape index (κ2) is 7.78. The quantitative estimate of drug-likeness (QED) is 0.582. The SMILES string of the molecule is O=C(C(=O)C(F)(F)F)/C(=C\N1CCCCc2ccccc21)c1ccccc1. The monoisotopic (exact) mass is 373 g/mol. The number of hydrogen-bond donors (Lipinski definition) is 0. The number of rotatable bonds is 4. The molecule has 0 N–H and O–H groups in total. The Balaban J connectivity index is 2.08. The Hall–Kier alpha value is -2.89. The van der Waals surface area contributed by atoms with Crippen molar-refractivity contribution in [3.63, 3.8) is 0 Å². The first-order valence-electron chi connectivity index (χ1n) is 8.65. The summed E-state index contributed by atoms with van der Waals surface area (Å²) >= 11 is 0. The Kier molecular flexibility index (Phi) is 5.44. The first-order chi connectivity index (χ1) is 12.9. The number of alkyl halides is 3. The Morgan fingerprint density at radius 1 is 0.926 bits per heavy atom. The van der Waals surface area contributed by atoms with Gasteiger partial charge in [-0.25, -0.2) is 0 Å². The van der Waals surface area contributed by atoms with E-state index in [1.54, 1.807) is 23.1 Å². The highest BCUT2D eigenvalue weighted by Crippen LogP contribution is 2.29. The number of benzene rings is 2. The van der Waals surface area contributed by atoms with Crippen LogP contribution in [0.15, 0.2) is 60.8 Å². The average molecular weight is 373 g/mol. The van der Waals surface area contributed by atoms with Crippen LogP contribution in [-0.2, 0) is 16.0 Å². The molecule has 0 fully saturated rings. The van der Waals surface area contributed by atoms with Crippen LogP contribution in [0, 0.1) is 0 Å². The van der Waals surface area contributed by atoms with Crippen molar-refractivity contribution in [2.24, 2.45) is 0 Å². The van der Waals surface area contributed by atoms with Gasteiger partial charge >= 0.3 is 12.0 Å². The Morgan fingerprint density at radius 2 is 1.59 bits per heavy atom. The van der Waals surface area contributed by atoms with Crippen molar-refractivity contribution in [3.8, 4) is 0 Å². The van der Waals surface area contributed by atoms with E-state index in [0.29, 0.717) is 6.54 Å². The van der Waals surface area contributed by atoms with Gasteiger partial charge in [-0.3, -0.25) is 9.59 Å². The number of ketones is 2. The number of aryl methyl sites for hydroxylation is 1. The largest absolute Gasteiger partial charge is 0.458 e. The van der Waals surface area contributed by atoms with E-state index in [1.165, 1.54) is 18.3 Å². The number of nitrogens with zero attached hydrogens (tertiary/aromatic N) is 1. The van der Waals surface area contributed by atoms with Crippen molar-refractivity contribution in [1.29, 1.82) is 0 Å². The van der Waals surface area contributed by atoms with Gasteiger partial charge in [-0.15, -0.1) is 0 Å². The molecule has 3 nitrogen and oxygen atoms in total. The molecular formula is C21H18F3NO2. The lowest BCUT2D eigenvalue weighted by Crippen LogP contribution is -2.32. The van der Waals surface area contributed by atoms with Crippen LogP contribution in [0.4, 0.5) is 18.9 Å². The maximum atomic E-state index is 12.8. The third kappa shape index (κ3) is 4.27. The highest BCUT2D eigenvalue weighted by molar-refractivity contribution is 6.55. The zero-order chi connectivity index (χ0) is 19.4. The van der Waals surface area contributed by atoms with E-state index in [4.69, 9.17) is 0 Å². The number of anilines is 1. The number of hydrogen-bond acceptors (Lipinski definition) is 3. The Labute approximate surface area is 155 Å². The molecule has 0 radical (unpaired) electrons. The van der Waals surface area contributed by atoms with Crippen molar-refractivity contribution in [1.82, 2.24) is 0 Å². The summed E-state index contributed by atoms with van der Waals surface area (Å²) in [6.45, 7) is 0.556. The lowest BCUT2D eigenvalue weighted by molar-refractivity contribution is -0.172. The molecule has 0 spiro atoms. The van der Waals surface area contributed by atoms with E-state index in [0.717, 1.165) is 30.5 Å². The summed E-state index contributed by atoms with van der Waals surface area (Å²) in [5.74, 6) is -3.91. The second-order valence-electron chi connectivity index (χ2n) is 6.34. The van der Waals surface area contributed by atoms with Gasteiger partial charge in [-0.05, 0) is 36.5 Å². The minimum Gasteiger partial charge on any atom is -0.347 e. The smallest absolute Gasteiger partial charge is 0.347 e. The molecule has 0 aliphatic carbocycles. The normalized spacial score (nSPS) is 15.1. The summed E-state index contributed by atoms with van der Waals surface area (Å²) in [4.78, 5) is 25.8. The van der Waals surface area contributed by atoms with Gasteiger partial charge < -0.3 is 4.90 Å². The Bertz CT molecular complexity index is 872. The molecule has 0 amide bonds. The number of carbonyl (C=O) groups is 2. The standard InChI is InChI=1S/C21H18F3NO2/c22-21(23,24)20(27)19(26)17(15-8-2-1-3-9-15)14-25-13-7-6-11-16-10-4-5-12-18(16)25/h1-5,8-10,12,14H,6-7,11,13H2/b17-14-. The molecule has 6 heteroatoms. The molecule has 140 valence electrons. The van der Waals surface area contributed by atoms with Crippen LogP contribution >= 0.6 is 0 Å². The summed E-state index contributed by atoms with van der Waals surface area (Å²) in [6.07, 6.45) is -1.20. The van der Waals surface area contributed by atoms with Crippen molar-refractivity contribution >= 4 is 22.8 Å². The zero-order valence-electron chi connectivity index (χ0n) is 14.5. The Morgan fingerprint density at radius 3 is 2.30 bits per heavy atom. The van der Waals surface area contributed by atoms with Crippen LogP contribution in [0.2, 0.25) is 0 Å². The fourth-order valence-corrected chi connectivity index (χ4v) is 3.14. The zero-order valence-corrected chi connectivity index (χ0v) is 14.5. The molecule has 2 aromatic carbocycles. The van der Waals surface area contributed by atoms with E-state index in [1.807, 2.05) is 24.3 Å². The van der Waals surface area contributed by atoms with Gasteiger partial charge in [-0.1, -0.05) is 48.5 Å². The van der Waals surface area contributed by atoms with Crippen molar-refractivity contribution < 1.29 is 22.8 Å². The molecule has 1 heterocycles. The minimum absolute atomic E-state index is 0.255. The molecule has 0 bridgehead atoms. The number of para-hydroxylation sites is 1. The van der Waals surface area contributed by atoms with E-state index in [9.17, 15) is 22.8 Å². The predicted molar refractivity (Wildman–Crippen MR) is 97.2 cm³/mol. The van der Waals surface area contributed by atoms with Gasteiger partial charge in [0.2, 0.25) is 5.78 Å². The highest BCUT2D eigenvalue weighted by Gasteiger charge is 2.44. The summed E-state index contributed by atoms with van der Waals surface area (Å²) in [6, 6.07) is 15.6. The lowest BCUT2D eigenvalue weighted by Gasteiger charge is -2.22. The average Bonchev–Trinajstić information content (AvgIpc) is 2.87. The van der Waals surface area contributed by atoms with E-state index in [2.05, 4.69) is 0 Å². The minimum atomic E-state index is -5.21. The van der Waals surface area contributed by atoms with Gasteiger partial charge in [0.05, 0.1) is 0 Å². The topological polar surface area (TPSA) is 37.4 Å². The van der Waals surface area contributed by atoms with Crippen molar-refractivity contribution in [2.75, 3.05) is 11.4 Å². The van der Waals surface area contributed by atoms with E-state index in [-0.39, 0.29) is 11.1 Å². The number of Topliss-reactive ketones (excluding diaryl/α,β-unsaturated/α-hetero) is 2. The van der Waals surface area contributed by atoms with Gasteiger partial charge in [0, 0.05) is 24.0 Å². The third-order valence-corrected chi connectivity index (χ3v) is 4.47. The summed E-state index contributed by atoms with van der Waals surface area (Å²) in [5.41, 5.74) is 1.93. The molecule has 0 atom stereocenters. The summed E-state index contributed by atoms with van der Waals surface area (Å²) in [5, 5.41) is 0. The molecular weight excluding hydrogens is 355 g/mol. The maximum Gasteiger partial charge on any atom is 0.458 e. The lowest BCUT2D eigenvalue weighted by atomic mass is 9.99. The number of fused-ring (bicyclic) bond motifs is 1. The van der Waals surface area contributed by atoms with Crippen LogP contribution in [0.25, 0.3) is 5.57 Å². The van der Waals surface area contributed by atoms with Crippen LogP contribution in [0.5, 0.6) is 0 Å². The summed E-state index contributed by atoms with van der Waals surface area (Å²) < 4.78 is 38.5. The second-order valence-corrected chi connectivity index (χ2v) is 6.34. The van der Waals surface area contributed by atoms with Crippen molar-refractivity contribution in [2.45, 2.75) is 25.4 Å². The number of carbonyl (C=O) groups excluding carboxylic acids is 2. The predicted octanol–water partition coefficient (Wildman–Crippen LogP) is 4.57. The molecule has 0 aromatic heterocycles. The van der Waals surface area contributed by atoms with Gasteiger partial charge in [0.15, 0.2) is 0 Å². The fraction of sp³-hybridized carbons (Fsp3) is 0.238. The fourth-order valence-electron chi connectivity index (χ4n) is 3.14. The van der Waals surface area contributed by atoms with E-state index < -0.39 is 17.7 Å². The molecule has 0 saturated heterocycles. The third-order valence-electron chi connectivity index (χ3n) is 4.47. The van der Waals surface area contributed by atoms with Crippen LogP contribution in [0.1, 0.15) is 24.0 Å². The van der Waals surface area contributed by atoms with Crippen LogP contribution < -0.4 is 4.90 Å². The first-order valence-corrected chi connectivity index (χ1v) is 8.65. The molecule has 0 saturated carbocycles. The van der Waals surface area contributed by atoms with Gasteiger partial charge in [-0.2, -0.15) is 13.2 Å². The van der Waals surface area contributed by atoms with Crippen LogP contribution in [0.3, 0.4) is 0 Å². The molecule has 1 aliphatic rings. The molecule has 2 aromatic rings. The van der Waals surface area contributed by atoms with Gasteiger partial charge in [0.1, 0.15) is 0 Å². The highest BCUT2D eigenvalue weighted by atomic mass is 19.4. The molecule has 27 heavy (non-hydrogen) atoms. The van der Waals surface area contributed by atoms with E-state index >= 15 is 0 Å². The molecule has 0 unspecified atom stereocenters. The van der Waals surface area contributed by atoms with Gasteiger partial charge in [0.25, 0.3) is 0 Å². The van der Waals surface area contributed by atoms with Crippen LogP contribution in [-0.4, -0.2) is 24.3 Å². The summed E-state index contributed by atoms with van der Waals surface area (Å²) in [7, 11) is 0. The number of allylic oxidation sites excluding steroid dienone is 1. The maximum absolute atomic E-state index is 12.8. The van der Waals surface area contributed by atoms with Crippen molar-refractivity contribution in [3.05, 3.63) is 71.9 Å². The first kappa shape index (κ1) is 18.9. The molecule has 1 aliphatic heterocycles.